The molecule has 0 aliphatic carbocycles. The molecule has 0 N–H and O–H groups in total. The van der Waals surface area contributed by atoms with Crippen molar-refractivity contribution in [3.8, 4) is 5.75 Å². The van der Waals surface area contributed by atoms with Gasteiger partial charge in [0.1, 0.15) is 11.6 Å². The molecule has 0 bridgehead atoms. The van der Waals surface area contributed by atoms with E-state index in [4.69, 9.17) is 9.72 Å². The summed E-state index contributed by atoms with van der Waals surface area (Å²) in [7, 11) is 1.71. The molecule has 146 valence electrons. The average Bonchev–Trinajstić information content (AvgIpc) is 2.77. The number of hydrogen-bond donors (Lipinski definition) is 0. The first-order valence-electron chi connectivity index (χ1n) is 9.85. The Morgan fingerprint density at radius 2 is 1.71 bits per heavy atom. The molecule has 0 spiro atoms. The summed E-state index contributed by atoms with van der Waals surface area (Å²) in [4.78, 5) is 9.82. The van der Waals surface area contributed by atoms with E-state index in [1.165, 1.54) is 16.7 Å². The molecule has 1 aliphatic heterocycles. The number of rotatable bonds is 7. The highest BCUT2D eigenvalue weighted by Gasteiger charge is 2.17. The van der Waals surface area contributed by atoms with Gasteiger partial charge in [-0.15, -0.1) is 0 Å². The van der Waals surface area contributed by atoms with Crippen molar-refractivity contribution in [3.05, 3.63) is 66.2 Å². The topological polar surface area (TPSA) is 28.6 Å². The van der Waals surface area contributed by atoms with Gasteiger partial charge in [0.05, 0.1) is 12.6 Å². The van der Waals surface area contributed by atoms with Crippen molar-refractivity contribution in [2.24, 2.45) is 0 Å². The highest BCUT2D eigenvalue weighted by Crippen LogP contribution is 2.20. The van der Waals surface area contributed by atoms with E-state index in [0.717, 1.165) is 55.6 Å². The molecule has 0 saturated carbocycles. The van der Waals surface area contributed by atoms with Crippen LogP contribution in [0.4, 0.5) is 5.82 Å². The minimum absolute atomic E-state index is 0.924. The fourth-order valence-corrected chi connectivity index (χ4v) is 4.50. The molecule has 5 heteroatoms. The molecule has 0 unspecified atom stereocenters. The summed E-state index contributed by atoms with van der Waals surface area (Å²) in [5.74, 6) is 4.25. The van der Waals surface area contributed by atoms with Crippen LogP contribution in [-0.2, 0) is 5.75 Å². The van der Waals surface area contributed by atoms with Crippen LogP contribution in [0.5, 0.6) is 5.75 Å². The summed E-state index contributed by atoms with van der Waals surface area (Å²) < 4.78 is 5.21. The van der Waals surface area contributed by atoms with Gasteiger partial charge >= 0.3 is 0 Å². The Labute approximate surface area is 171 Å². The van der Waals surface area contributed by atoms with Crippen molar-refractivity contribution in [1.82, 2.24) is 9.88 Å². The Hall–Kier alpha value is -2.24. The van der Waals surface area contributed by atoms with Crippen molar-refractivity contribution in [1.29, 1.82) is 0 Å². The van der Waals surface area contributed by atoms with E-state index in [9.17, 15) is 0 Å². The maximum absolute atomic E-state index is 5.21. The number of anilines is 1. The van der Waals surface area contributed by atoms with Gasteiger partial charge in [-0.1, -0.05) is 30.3 Å². The molecule has 0 amide bonds. The van der Waals surface area contributed by atoms with Crippen LogP contribution in [-0.4, -0.2) is 55.5 Å². The van der Waals surface area contributed by atoms with E-state index in [2.05, 4.69) is 58.3 Å². The Balaban J connectivity index is 1.20. The van der Waals surface area contributed by atoms with E-state index in [1.807, 2.05) is 23.9 Å². The molecule has 1 aromatic heterocycles. The number of benzene rings is 2. The molecule has 1 saturated heterocycles. The van der Waals surface area contributed by atoms with E-state index in [1.54, 1.807) is 7.11 Å². The summed E-state index contributed by atoms with van der Waals surface area (Å²) in [5, 5.41) is 1.21. The summed E-state index contributed by atoms with van der Waals surface area (Å²) in [5.41, 5.74) is 2.44. The first kappa shape index (κ1) is 19.1. The van der Waals surface area contributed by atoms with E-state index >= 15 is 0 Å². The monoisotopic (exact) mass is 393 g/mol. The van der Waals surface area contributed by atoms with Crippen LogP contribution < -0.4 is 9.64 Å². The number of aromatic nitrogens is 1. The van der Waals surface area contributed by atoms with Crippen molar-refractivity contribution < 1.29 is 4.74 Å². The van der Waals surface area contributed by atoms with Gasteiger partial charge in [-0.3, -0.25) is 4.90 Å². The molecular formula is C23H27N3OS. The van der Waals surface area contributed by atoms with Crippen LogP contribution in [0.1, 0.15) is 5.56 Å². The molecule has 28 heavy (non-hydrogen) atoms. The number of ether oxygens (including phenoxy) is 1. The highest BCUT2D eigenvalue weighted by molar-refractivity contribution is 7.98. The minimum Gasteiger partial charge on any atom is -0.497 e. The van der Waals surface area contributed by atoms with E-state index in [-0.39, 0.29) is 0 Å². The van der Waals surface area contributed by atoms with Crippen molar-refractivity contribution in [3.63, 3.8) is 0 Å². The molecule has 3 aromatic rings. The van der Waals surface area contributed by atoms with Gasteiger partial charge in [0.15, 0.2) is 0 Å². The number of piperazine rings is 1. The van der Waals surface area contributed by atoms with Crippen molar-refractivity contribution in [2.45, 2.75) is 5.75 Å². The standard InChI is InChI=1S/C23H27N3OS/c1-27-21-9-6-19(7-10-21)18-28-17-16-25-12-14-26(15-13-25)23-11-8-20-4-2-3-5-22(20)24-23/h2-11H,12-18H2,1H3. The SMILES string of the molecule is COc1ccc(CSCCN2CCN(c3ccc4ccccc4n3)CC2)cc1. The van der Waals surface area contributed by atoms with Crippen molar-refractivity contribution >= 4 is 28.5 Å². The van der Waals surface area contributed by atoms with E-state index < -0.39 is 0 Å². The maximum atomic E-state index is 5.21. The molecule has 4 rings (SSSR count). The second kappa shape index (κ2) is 9.30. The Morgan fingerprint density at radius 1 is 0.929 bits per heavy atom. The predicted molar refractivity (Wildman–Crippen MR) is 120 cm³/mol. The Morgan fingerprint density at radius 3 is 2.50 bits per heavy atom. The first-order chi connectivity index (χ1) is 13.8. The molecule has 2 aromatic carbocycles. The number of para-hydroxylation sites is 1. The van der Waals surface area contributed by atoms with Gasteiger partial charge in [0.25, 0.3) is 0 Å². The lowest BCUT2D eigenvalue weighted by Crippen LogP contribution is -2.47. The number of pyridine rings is 1. The van der Waals surface area contributed by atoms with Crippen LogP contribution in [0.15, 0.2) is 60.7 Å². The average molecular weight is 394 g/mol. The molecule has 0 atom stereocenters. The maximum Gasteiger partial charge on any atom is 0.129 e. The lowest BCUT2D eigenvalue weighted by Gasteiger charge is -2.35. The number of methoxy groups -OCH3 is 1. The van der Waals surface area contributed by atoms with E-state index in [0.29, 0.717) is 0 Å². The molecule has 1 aliphatic rings. The number of hydrogen-bond acceptors (Lipinski definition) is 5. The van der Waals surface area contributed by atoms with Gasteiger partial charge in [-0.05, 0) is 35.9 Å². The summed E-state index contributed by atoms with van der Waals surface area (Å²) in [6.45, 7) is 5.47. The third-order valence-corrected chi connectivity index (χ3v) is 6.27. The second-order valence-corrected chi connectivity index (χ2v) is 8.20. The number of nitrogens with zero attached hydrogens (tertiary/aromatic N) is 3. The minimum atomic E-state index is 0.924. The zero-order valence-electron chi connectivity index (χ0n) is 16.4. The van der Waals surface area contributed by atoms with Crippen LogP contribution in [0.2, 0.25) is 0 Å². The predicted octanol–water partition coefficient (Wildman–Crippen LogP) is 4.30. The van der Waals surface area contributed by atoms with Crippen LogP contribution in [0.3, 0.4) is 0 Å². The molecule has 0 radical (unpaired) electrons. The third kappa shape index (κ3) is 4.78. The van der Waals surface area contributed by atoms with Gasteiger partial charge in [0.2, 0.25) is 0 Å². The molecule has 1 fully saturated rings. The number of thioether (sulfide) groups is 1. The first-order valence-corrected chi connectivity index (χ1v) is 11.0. The fourth-order valence-electron chi connectivity index (χ4n) is 3.54. The quantitative estimate of drug-likeness (QED) is 0.558. The Kier molecular flexibility index (Phi) is 6.34. The normalized spacial score (nSPS) is 15.1. The second-order valence-electron chi connectivity index (χ2n) is 7.09. The van der Waals surface area contributed by atoms with Crippen LogP contribution in [0.25, 0.3) is 10.9 Å². The fraction of sp³-hybridized carbons (Fsp3) is 0.348. The van der Waals surface area contributed by atoms with Crippen LogP contribution in [0, 0.1) is 0 Å². The molecule has 2 heterocycles. The molecule has 4 nitrogen and oxygen atoms in total. The highest BCUT2D eigenvalue weighted by atomic mass is 32.2. The third-order valence-electron chi connectivity index (χ3n) is 5.26. The zero-order valence-corrected chi connectivity index (χ0v) is 17.2. The Bertz CT molecular complexity index is 892. The smallest absolute Gasteiger partial charge is 0.129 e. The van der Waals surface area contributed by atoms with Crippen LogP contribution >= 0.6 is 11.8 Å². The molecular weight excluding hydrogens is 366 g/mol. The van der Waals surface area contributed by atoms with Crippen molar-refractivity contribution in [2.75, 3.05) is 50.5 Å². The summed E-state index contributed by atoms with van der Waals surface area (Å²) in [6, 6.07) is 21.1. The van der Waals surface area contributed by atoms with Gasteiger partial charge in [-0.25, -0.2) is 4.98 Å². The summed E-state index contributed by atoms with van der Waals surface area (Å²) >= 11 is 2.00. The summed E-state index contributed by atoms with van der Waals surface area (Å²) in [6.07, 6.45) is 0. The van der Waals surface area contributed by atoms with Gasteiger partial charge < -0.3 is 9.64 Å². The zero-order chi connectivity index (χ0) is 19.2. The largest absolute Gasteiger partial charge is 0.497 e. The van der Waals surface area contributed by atoms with Gasteiger partial charge in [0, 0.05) is 49.6 Å². The lowest BCUT2D eigenvalue weighted by molar-refractivity contribution is 0.273. The van der Waals surface area contributed by atoms with Gasteiger partial charge in [-0.2, -0.15) is 11.8 Å². The number of fused-ring (bicyclic) bond motifs is 1. The lowest BCUT2D eigenvalue weighted by atomic mass is 10.2.